The van der Waals surface area contributed by atoms with Crippen molar-refractivity contribution < 1.29 is 9.59 Å². The highest BCUT2D eigenvalue weighted by atomic mass is 16.2. The van der Waals surface area contributed by atoms with Crippen LogP contribution in [0, 0.1) is 0 Å². The molecule has 2 amide bonds. The van der Waals surface area contributed by atoms with Crippen LogP contribution in [0.3, 0.4) is 0 Å². The Morgan fingerprint density at radius 1 is 1.10 bits per heavy atom. The van der Waals surface area contributed by atoms with E-state index in [1.54, 1.807) is 0 Å². The fourth-order valence-electron chi connectivity index (χ4n) is 3.11. The first-order valence-corrected chi connectivity index (χ1v) is 7.39. The molecule has 2 heterocycles. The fraction of sp³-hybridized carbons (Fsp3) is 0.500. The summed E-state index contributed by atoms with van der Waals surface area (Å²) in [6.07, 6.45) is 4.04. The largest absolute Gasteiger partial charge is 0.344 e. The fourth-order valence-corrected chi connectivity index (χ4v) is 3.11. The predicted octanol–water partition coefficient (Wildman–Crippen LogP) is 1.28. The van der Waals surface area contributed by atoms with Gasteiger partial charge in [0.1, 0.15) is 6.04 Å². The van der Waals surface area contributed by atoms with Crippen LogP contribution in [0.25, 0.3) is 0 Å². The summed E-state index contributed by atoms with van der Waals surface area (Å²) in [5.41, 5.74) is 2.76. The first-order chi connectivity index (χ1) is 9.74. The smallest absolute Gasteiger partial charge is 0.245 e. The van der Waals surface area contributed by atoms with Gasteiger partial charge >= 0.3 is 0 Å². The molecular weight excluding hydrogens is 252 g/mol. The number of nitrogens with one attached hydrogen (secondary N) is 1. The number of aryl methyl sites for hydroxylation is 1. The first kappa shape index (κ1) is 13.2. The van der Waals surface area contributed by atoms with E-state index in [-0.39, 0.29) is 17.9 Å². The Hall–Kier alpha value is -1.84. The van der Waals surface area contributed by atoms with E-state index in [0.717, 1.165) is 32.4 Å². The Balaban J connectivity index is 1.68. The van der Waals surface area contributed by atoms with E-state index in [9.17, 15) is 9.59 Å². The molecule has 0 aromatic heterocycles. The van der Waals surface area contributed by atoms with Crippen LogP contribution < -0.4 is 5.32 Å². The molecule has 1 atom stereocenters. The minimum Gasteiger partial charge on any atom is -0.344 e. The maximum atomic E-state index is 12.4. The van der Waals surface area contributed by atoms with Crippen LogP contribution in [-0.4, -0.2) is 35.8 Å². The Morgan fingerprint density at radius 3 is 2.55 bits per heavy atom. The molecule has 4 heteroatoms. The maximum Gasteiger partial charge on any atom is 0.245 e. The quantitative estimate of drug-likeness (QED) is 0.837. The SMILES string of the molecule is O=C1CCC(C(=O)N2CCCc3ccccc3CC2)N1. The molecule has 1 unspecified atom stereocenters. The van der Waals surface area contributed by atoms with Crippen molar-refractivity contribution in [2.45, 2.75) is 38.1 Å². The van der Waals surface area contributed by atoms with Gasteiger partial charge in [0.05, 0.1) is 0 Å². The molecule has 3 rings (SSSR count). The molecule has 0 bridgehead atoms. The monoisotopic (exact) mass is 272 g/mol. The molecular formula is C16H20N2O2. The van der Waals surface area contributed by atoms with Gasteiger partial charge in [0.2, 0.25) is 11.8 Å². The van der Waals surface area contributed by atoms with Gasteiger partial charge in [0.25, 0.3) is 0 Å². The average Bonchev–Trinajstić information content (AvgIpc) is 2.86. The Labute approximate surface area is 119 Å². The number of rotatable bonds is 1. The van der Waals surface area contributed by atoms with E-state index in [0.29, 0.717) is 12.8 Å². The van der Waals surface area contributed by atoms with E-state index < -0.39 is 0 Å². The molecule has 1 saturated heterocycles. The summed E-state index contributed by atoms with van der Waals surface area (Å²) in [6, 6.07) is 8.18. The van der Waals surface area contributed by atoms with Crippen molar-refractivity contribution in [2.75, 3.05) is 13.1 Å². The van der Waals surface area contributed by atoms with Crippen molar-refractivity contribution in [3.63, 3.8) is 0 Å². The molecule has 106 valence electrons. The molecule has 0 spiro atoms. The summed E-state index contributed by atoms with van der Waals surface area (Å²) in [5.74, 6) is 0.0935. The normalized spacial score (nSPS) is 22.7. The molecule has 4 nitrogen and oxygen atoms in total. The van der Waals surface area contributed by atoms with Crippen molar-refractivity contribution in [1.29, 1.82) is 0 Å². The van der Waals surface area contributed by atoms with E-state index in [2.05, 4.69) is 29.6 Å². The van der Waals surface area contributed by atoms with Gasteiger partial charge in [-0.25, -0.2) is 0 Å². The van der Waals surface area contributed by atoms with Gasteiger partial charge in [-0.3, -0.25) is 9.59 Å². The van der Waals surface area contributed by atoms with Crippen LogP contribution in [0.4, 0.5) is 0 Å². The van der Waals surface area contributed by atoms with Crippen LogP contribution in [0.15, 0.2) is 24.3 Å². The van der Waals surface area contributed by atoms with Gasteiger partial charge in [-0.1, -0.05) is 24.3 Å². The summed E-state index contributed by atoms with van der Waals surface area (Å²) in [7, 11) is 0. The summed E-state index contributed by atoms with van der Waals surface area (Å²) < 4.78 is 0. The Morgan fingerprint density at radius 2 is 1.85 bits per heavy atom. The molecule has 0 saturated carbocycles. The van der Waals surface area contributed by atoms with E-state index in [1.807, 2.05) is 4.90 Å². The topological polar surface area (TPSA) is 49.4 Å². The highest BCUT2D eigenvalue weighted by Crippen LogP contribution is 2.17. The van der Waals surface area contributed by atoms with Crippen LogP contribution in [-0.2, 0) is 22.4 Å². The average molecular weight is 272 g/mol. The lowest BCUT2D eigenvalue weighted by molar-refractivity contribution is -0.134. The maximum absolute atomic E-state index is 12.4. The van der Waals surface area contributed by atoms with E-state index >= 15 is 0 Å². The second-order valence-electron chi connectivity index (χ2n) is 5.61. The summed E-state index contributed by atoms with van der Waals surface area (Å²) in [4.78, 5) is 25.6. The van der Waals surface area contributed by atoms with Crippen molar-refractivity contribution in [1.82, 2.24) is 10.2 Å². The molecule has 1 aromatic rings. The molecule has 2 aliphatic rings. The second kappa shape index (κ2) is 5.65. The number of hydrogen-bond donors (Lipinski definition) is 1. The molecule has 2 aliphatic heterocycles. The number of nitrogens with zero attached hydrogens (tertiary/aromatic N) is 1. The number of amides is 2. The van der Waals surface area contributed by atoms with Crippen LogP contribution in [0.5, 0.6) is 0 Å². The van der Waals surface area contributed by atoms with E-state index in [1.165, 1.54) is 11.1 Å². The highest BCUT2D eigenvalue weighted by Gasteiger charge is 2.30. The first-order valence-electron chi connectivity index (χ1n) is 7.39. The summed E-state index contributed by atoms with van der Waals surface area (Å²) in [6.45, 7) is 1.54. The van der Waals surface area contributed by atoms with Gasteiger partial charge in [-0.2, -0.15) is 0 Å². The summed E-state index contributed by atoms with van der Waals surface area (Å²) in [5, 5.41) is 2.78. The third-order valence-electron chi connectivity index (χ3n) is 4.25. The zero-order chi connectivity index (χ0) is 13.9. The number of hydrogen-bond acceptors (Lipinski definition) is 2. The van der Waals surface area contributed by atoms with Crippen molar-refractivity contribution in [3.05, 3.63) is 35.4 Å². The van der Waals surface area contributed by atoms with Gasteiger partial charge in [-0.05, 0) is 36.8 Å². The predicted molar refractivity (Wildman–Crippen MR) is 76.2 cm³/mol. The van der Waals surface area contributed by atoms with Crippen molar-refractivity contribution in [3.8, 4) is 0 Å². The van der Waals surface area contributed by atoms with Gasteiger partial charge in [0.15, 0.2) is 0 Å². The van der Waals surface area contributed by atoms with Crippen molar-refractivity contribution >= 4 is 11.8 Å². The zero-order valence-electron chi connectivity index (χ0n) is 11.6. The third kappa shape index (κ3) is 2.69. The van der Waals surface area contributed by atoms with Crippen LogP contribution in [0.2, 0.25) is 0 Å². The molecule has 1 aromatic carbocycles. The highest BCUT2D eigenvalue weighted by molar-refractivity contribution is 5.90. The molecule has 1 N–H and O–H groups in total. The summed E-state index contributed by atoms with van der Waals surface area (Å²) >= 11 is 0. The number of carbonyl (C=O) groups excluding carboxylic acids is 2. The third-order valence-corrected chi connectivity index (χ3v) is 4.25. The second-order valence-corrected chi connectivity index (χ2v) is 5.61. The Kier molecular flexibility index (Phi) is 3.72. The molecule has 1 fully saturated rings. The van der Waals surface area contributed by atoms with Crippen molar-refractivity contribution in [2.24, 2.45) is 0 Å². The minimum atomic E-state index is -0.294. The lowest BCUT2D eigenvalue weighted by atomic mass is 9.98. The number of benzene rings is 1. The lowest BCUT2D eigenvalue weighted by Crippen LogP contribution is -2.46. The van der Waals surface area contributed by atoms with E-state index in [4.69, 9.17) is 0 Å². The van der Waals surface area contributed by atoms with Gasteiger partial charge in [-0.15, -0.1) is 0 Å². The zero-order valence-corrected chi connectivity index (χ0v) is 11.6. The molecule has 0 aliphatic carbocycles. The lowest BCUT2D eigenvalue weighted by Gasteiger charge is -2.28. The Bertz CT molecular complexity index is 527. The van der Waals surface area contributed by atoms with Crippen LogP contribution >= 0.6 is 0 Å². The van der Waals surface area contributed by atoms with Gasteiger partial charge < -0.3 is 10.2 Å². The number of carbonyl (C=O) groups is 2. The minimum absolute atomic E-state index is 0.000685. The molecule has 0 radical (unpaired) electrons. The standard InChI is InChI=1S/C16H20N2O2/c19-15-8-7-14(17-15)16(20)18-10-3-6-12-4-1-2-5-13(12)9-11-18/h1-2,4-5,14H,3,6-11H2,(H,17,19). The number of fused-ring (bicyclic) bond motifs is 1. The van der Waals surface area contributed by atoms with Gasteiger partial charge in [0, 0.05) is 19.5 Å². The molecule has 20 heavy (non-hydrogen) atoms. The van der Waals surface area contributed by atoms with Crippen LogP contribution in [0.1, 0.15) is 30.4 Å².